The molecule has 2 aromatic carbocycles. The highest BCUT2D eigenvalue weighted by atomic mass is 19.1. The second-order valence-corrected chi connectivity index (χ2v) is 6.95. The summed E-state index contributed by atoms with van der Waals surface area (Å²) in [7, 11) is 2.41. The molecule has 2 amide bonds. The zero-order valence-corrected chi connectivity index (χ0v) is 17.4. The molecule has 0 aromatic heterocycles. The van der Waals surface area contributed by atoms with Crippen LogP contribution in [0, 0.1) is 11.7 Å². The third-order valence-corrected chi connectivity index (χ3v) is 4.90. The van der Waals surface area contributed by atoms with Gasteiger partial charge in [0.25, 0.3) is 5.91 Å². The molecule has 0 spiro atoms. The predicted molar refractivity (Wildman–Crippen MR) is 110 cm³/mol. The second kappa shape index (κ2) is 9.90. The van der Waals surface area contributed by atoms with Crippen LogP contribution >= 0.6 is 0 Å². The number of likely N-dealkylation sites (tertiary alicyclic amines) is 1. The molecule has 1 N–H and O–H groups in total. The molecule has 0 aliphatic carbocycles. The Morgan fingerprint density at radius 3 is 2.38 bits per heavy atom. The Morgan fingerprint density at radius 1 is 1.03 bits per heavy atom. The van der Waals surface area contributed by atoms with Crippen LogP contribution in [-0.4, -0.2) is 62.6 Å². The number of rotatable bonds is 7. The van der Waals surface area contributed by atoms with Crippen LogP contribution in [-0.2, 0) is 19.1 Å². The fourth-order valence-electron chi connectivity index (χ4n) is 3.06. The number of anilines is 1. The predicted octanol–water partition coefficient (Wildman–Crippen LogP) is 1.87. The number of nitrogens with zero attached hydrogens (tertiary/aromatic N) is 1. The minimum Gasteiger partial charge on any atom is -0.481 e. The highest BCUT2D eigenvalue weighted by molar-refractivity contribution is 6.04. The summed E-state index contributed by atoms with van der Waals surface area (Å²) in [5, 5.41) is 2.61. The van der Waals surface area contributed by atoms with E-state index in [2.05, 4.69) is 10.1 Å². The summed E-state index contributed by atoms with van der Waals surface area (Å²) in [5.41, 5.74) is 0.308. The molecule has 0 saturated carbocycles. The number of halogens is 1. The third kappa shape index (κ3) is 5.02. The Morgan fingerprint density at radius 2 is 1.72 bits per heavy atom. The van der Waals surface area contributed by atoms with E-state index in [-0.39, 0.29) is 48.2 Å². The maximum atomic E-state index is 13.6. The van der Waals surface area contributed by atoms with Gasteiger partial charge in [0.1, 0.15) is 0 Å². The number of para-hydroxylation sites is 1. The van der Waals surface area contributed by atoms with Crippen LogP contribution in [0.4, 0.5) is 10.1 Å². The smallest absolute Gasteiger partial charge is 0.339 e. The normalized spacial score (nSPS) is 13.0. The van der Waals surface area contributed by atoms with Crippen LogP contribution in [0.5, 0.6) is 5.75 Å². The van der Waals surface area contributed by atoms with Crippen LogP contribution in [0.1, 0.15) is 20.7 Å². The van der Waals surface area contributed by atoms with E-state index in [1.165, 1.54) is 55.5 Å². The average molecular weight is 444 g/mol. The van der Waals surface area contributed by atoms with Crippen molar-refractivity contribution in [2.24, 2.45) is 5.92 Å². The number of esters is 2. The standard InChI is InChI=1S/C22H21FN2O7/c1-30-21(28)13-7-8-15(22(29)31-2)17(9-13)24-20(27)14-10-25(11-14)19(26)12-32-18-6-4-3-5-16(18)23/h3-9,14H,10-12H2,1-2H3,(H,24,27). The van der Waals surface area contributed by atoms with E-state index in [0.29, 0.717) is 0 Å². The van der Waals surface area contributed by atoms with Gasteiger partial charge >= 0.3 is 11.9 Å². The Labute approximate surface area is 183 Å². The number of amides is 2. The number of ether oxygens (including phenoxy) is 3. The number of carbonyl (C=O) groups excluding carboxylic acids is 4. The van der Waals surface area contributed by atoms with Crippen molar-refractivity contribution in [1.29, 1.82) is 0 Å². The molecule has 0 radical (unpaired) electrons. The van der Waals surface area contributed by atoms with Gasteiger partial charge in [0.2, 0.25) is 5.91 Å². The highest BCUT2D eigenvalue weighted by Gasteiger charge is 2.36. The molecule has 1 fully saturated rings. The first-order chi connectivity index (χ1) is 15.3. The van der Waals surface area contributed by atoms with Crippen molar-refractivity contribution in [3.05, 3.63) is 59.4 Å². The fraction of sp³-hybridized carbons (Fsp3) is 0.273. The number of hydrogen-bond donors (Lipinski definition) is 1. The van der Waals surface area contributed by atoms with Gasteiger partial charge in [-0.3, -0.25) is 9.59 Å². The second-order valence-electron chi connectivity index (χ2n) is 6.95. The Bertz CT molecular complexity index is 1050. The lowest BCUT2D eigenvalue weighted by atomic mass is 9.98. The molecule has 1 saturated heterocycles. The van der Waals surface area contributed by atoms with Gasteiger partial charge < -0.3 is 24.4 Å². The molecular formula is C22H21FN2O7. The minimum atomic E-state index is -0.688. The maximum absolute atomic E-state index is 13.6. The molecule has 9 nitrogen and oxygen atoms in total. The van der Waals surface area contributed by atoms with Crippen molar-refractivity contribution in [3.8, 4) is 5.75 Å². The lowest BCUT2D eigenvalue weighted by Gasteiger charge is -2.38. The first-order valence-electron chi connectivity index (χ1n) is 9.60. The van der Waals surface area contributed by atoms with E-state index in [9.17, 15) is 23.6 Å². The van der Waals surface area contributed by atoms with Gasteiger partial charge in [-0.25, -0.2) is 14.0 Å². The van der Waals surface area contributed by atoms with Gasteiger partial charge in [-0.15, -0.1) is 0 Å². The van der Waals surface area contributed by atoms with Crippen molar-refractivity contribution in [2.45, 2.75) is 0 Å². The summed E-state index contributed by atoms with van der Waals surface area (Å²) >= 11 is 0. The van der Waals surface area contributed by atoms with Crippen LogP contribution < -0.4 is 10.1 Å². The molecule has 0 unspecified atom stereocenters. The first-order valence-corrected chi connectivity index (χ1v) is 9.60. The van der Waals surface area contributed by atoms with E-state index in [1.54, 1.807) is 6.07 Å². The molecule has 168 valence electrons. The Balaban J connectivity index is 1.59. The van der Waals surface area contributed by atoms with Crippen LogP contribution in [0.15, 0.2) is 42.5 Å². The lowest BCUT2D eigenvalue weighted by molar-refractivity contribution is -0.143. The number of benzene rings is 2. The Hall–Kier alpha value is -3.95. The summed E-state index contributed by atoms with van der Waals surface area (Å²) in [6.07, 6.45) is 0. The van der Waals surface area contributed by atoms with Crippen LogP contribution in [0.3, 0.4) is 0 Å². The topological polar surface area (TPSA) is 111 Å². The van der Waals surface area contributed by atoms with E-state index < -0.39 is 29.6 Å². The lowest BCUT2D eigenvalue weighted by Crippen LogP contribution is -2.55. The van der Waals surface area contributed by atoms with Crippen LogP contribution in [0.25, 0.3) is 0 Å². The average Bonchev–Trinajstić information content (AvgIpc) is 2.76. The molecular weight excluding hydrogens is 423 g/mol. The van der Waals surface area contributed by atoms with Gasteiger partial charge in [-0.2, -0.15) is 0 Å². The molecule has 0 bridgehead atoms. The highest BCUT2D eigenvalue weighted by Crippen LogP contribution is 2.23. The monoisotopic (exact) mass is 444 g/mol. The zero-order valence-electron chi connectivity index (χ0n) is 17.4. The van der Waals surface area contributed by atoms with Crippen molar-refractivity contribution in [3.63, 3.8) is 0 Å². The van der Waals surface area contributed by atoms with E-state index in [4.69, 9.17) is 9.47 Å². The summed E-state index contributed by atoms with van der Waals surface area (Å²) in [5.74, 6) is -3.27. The van der Waals surface area contributed by atoms with E-state index >= 15 is 0 Å². The van der Waals surface area contributed by atoms with Gasteiger partial charge in [0, 0.05) is 13.1 Å². The van der Waals surface area contributed by atoms with Gasteiger partial charge in [0.05, 0.1) is 37.0 Å². The molecule has 1 aliphatic rings. The molecule has 2 aromatic rings. The summed E-state index contributed by atoms with van der Waals surface area (Å²) in [6.45, 7) is -0.0893. The largest absolute Gasteiger partial charge is 0.481 e. The summed E-state index contributed by atoms with van der Waals surface area (Å²) < 4.78 is 28.1. The minimum absolute atomic E-state index is 0.0310. The van der Waals surface area contributed by atoms with Gasteiger partial charge in [-0.05, 0) is 30.3 Å². The van der Waals surface area contributed by atoms with Gasteiger partial charge in [0.15, 0.2) is 18.2 Å². The number of methoxy groups -OCH3 is 2. The van der Waals surface area contributed by atoms with Crippen molar-refractivity contribution in [2.75, 3.05) is 39.2 Å². The van der Waals surface area contributed by atoms with E-state index in [0.717, 1.165) is 0 Å². The van der Waals surface area contributed by atoms with Crippen molar-refractivity contribution in [1.82, 2.24) is 4.90 Å². The molecule has 1 heterocycles. The SMILES string of the molecule is COC(=O)c1ccc(C(=O)OC)c(NC(=O)C2CN(C(=O)COc3ccccc3F)C2)c1. The summed E-state index contributed by atoms with van der Waals surface area (Å²) in [6, 6.07) is 9.79. The zero-order chi connectivity index (χ0) is 23.3. The van der Waals surface area contributed by atoms with Gasteiger partial charge in [-0.1, -0.05) is 12.1 Å². The first kappa shape index (κ1) is 22.7. The number of nitrogens with one attached hydrogen (secondary N) is 1. The fourth-order valence-corrected chi connectivity index (χ4v) is 3.06. The number of hydrogen-bond acceptors (Lipinski definition) is 7. The van der Waals surface area contributed by atoms with Crippen molar-refractivity contribution >= 4 is 29.4 Å². The van der Waals surface area contributed by atoms with Crippen LogP contribution in [0.2, 0.25) is 0 Å². The third-order valence-electron chi connectivity index (χ3n) is 4.90. The Kier molecular flexibility index (Phi) is 7.04. The maximum Gasteiger partial charge on any atom is 0.339 e. The van der Waals surface area contributed by atoms with E-state index in [1.807, 2.05) is 0 Å². The molecule has 1 aliphatic heterocycles. The molecule has 10 heteroatoms. The quantitative estimate of drug-likeness (QED) is 0.649. The molecule has 3 rings (SSSR count). The molecule has 0 atom stereocenters. The number of carbonyl (C=O) groups is 4. The molecule has 32 heavy (non-hydrogen) atoms. The summed E-state index contributed by atoms with van der Waals surface area (Å²) in [4.78, 5) is 50.0. The van der Waals surface area contributed by atoms with Crippen molar-refractivity contribution < 1.29 is 37.8 Å².